The van der Waals surface area contributed by atoms with Gasteiger partial charge in [0.05, 0.1) is 0 Å². The Kier molecular flexibility index (Phi) is 6.09. The van der Waals surface area contributed by atoms with Crippen molar-refractivity contribution in [3.8, 4) is 0 Å². The molecule has 3 aliphatic rings. The molecular formula is C16H27ClN4O3. The smallest absolute Gasteiger partial charge is 0.325 e. The van der Waals surface area contributed by atoms with E-state index in [1.54, 1.807) is 0 Å². The van der Waals surface area contributed by atoms with Crippen LogP contribution in [0.3, 0.4) is 0 Å². The van der Waals surface area contributed by atoms with Gasteiger partial charge in [0, 0.05) is 12.6 Å². The Labute approximate surface area is 148 Å². The van der Waals surface area contributed by atoms with Crippen LogP contribution in [0.25, 0.3) is 0 Å². The minimum Gasteiger partial charge on any atom is -0.351 e. The SMILES string of the molecule is CC1CCC2(CC1)NC(=O)N(CC(=O)N[C@H]1CCCNC1)C2=O.Cl. The second-order valence-electron chi connectivity index (χ2n) is 7.20. The molecule has 1 spiro atoms. The molecule has 2 heterocycles. The van der Waals surface area contributed by atoms with Gasteiger partial charge in [0.15, 0.2) is 0 Å². The molecule has 0 aromatic carbocycles. The molecule has 3 N–H and O–H groups in total. The Bertz CT molecular complexity index is 500. The third-order valence-electron chi connectivity index (χ3n) is 5.34. The summed E-state index contributed by atoms with van der Waals surface area (Å²) in [5, 5.41) is 8.98. The zero-order chi connectivity index (χ0) is 16.4. The Morgan fingerprint density at radius 2 is 2.00 bits per heavy atom. The Morgan fingerprint density at radius 3 is 2.62 bits per heavy atom. The second-order valence-corrected chi connectivity index (χ2v) is 7.20. The number of rotatable bonds is 3. The fourth-order valence-corrected chi connectivity index (χ4v) is 3.81. The first-order valence-corrected chi connectivity index (χ1v) is 8.64. The van der Waals surface area contributed by atoms with Crippen molar-refractivity contribution in [2.24, 2.45) is 5.92 Å². The van der Waals surface area contributed by atoms with Crippen LogP contribution in [0.2, 0.25) is 0 Å². The molecule has 2 saturated heterocycles. The summed E-state index contributed by atoms with van der Waals surface area (Å²) in [5.41, 5.74) is -0.768. The van der Waals surface area contributed by atoms with Gasteiger partial charge >= 0.3 is 6.03 Å². The van der Waals surface area contributed by atoms with E-state index in [0.29, 0.717) is 18.8 Å². The van der Waals surface area contributed by atoms with E-state index in [9.17, 15) is 14.4 Å². The quantitative estimate of drug-likeness (QED) is 0.650. The summed E-state index contributed by atoms with van der Waals surface area (Å²) >= 11 is 0. The lowest BCUT2D eigenvalue weighted by atomic mass is 9.77. The molecule has 0 aromatic rings. The molecule has 1 atom stereocenters. The molecule has 7 nitrogen and oxygen atoms in total. The fraction of sp³-hybridized carbons (Fsp3) is 0.812. The number of hydrogen-bond acceptors (Lipinski definition) is 4. The molecule has 1 saturated carbocycles. The monoisotopic (exact) mass is 358 g/mol. The van der Waals surface area contributed by atoms with Crippen molar-refractivity contribution in [1.29, 1.82) is 0 Å². The maximum atomic E-state index is 12.7. The van der Waals surface area contributed by atoms with Gasteiger partial charge in [0.1, 0.15) is 12.1 Å². The lowest BCUT2D eigenvalue weighted by Crippen LogP contribution is -2.51. The number of carbonyl (C=O) groups excluding carboxylic acids is 3. The van der Waals surface area contributed by atoms with Crippen molar-refractivity contribution in [2.45, 2.75) is 57.0 Å². The van der Waals surface area contributed by atoms with E-state index in [4.69, 9.17) is 0 Å². The van der Waals surface area contributed by atoms with Crippen LogP contribution in [-0.2, 0) is 9.59 Å². The van der Waals surface area contributed by atoms with Gasteiger partial charge in [0.25, 0.3) is 5.91 Å². The number of carbonyl (C=O) groups is 3. The highest BCUT2D eigenvalue weighted by atomic mass is 35.5. The van der Waals surface area contributed by atoms with Gasteiger partial charge in [-0.2, -0.15) is 0 Å². The summed E-state index contributed by atoms with van der Waals surface area (Å²) in [6.45, 7) is 3.70. The Morgan fingerprint density at radius 1 is 1.29 bits per heavy atom. The summed E-state index contributed by atoms with van der Waals surface area (Å²) in [6.07, 6.45) is 5.16. The van der Waals surface area contributed by atoms with Crippen molar-refractivity contribution in [2.75, 3.05) is 19.6 Å². The molecule has 1 aliphatic carbocycles. The van der Waals surface area contributed by atoms with Crippen molar-refractivity contribution < 1.29 is 14.4 Å². The predicted molar refractivity (Wildman–Crippen MR) is 91.9 cm³/mol. The molecule has 4 amide bonds. The zero-order valence-corrected chi connectivity index (χ0v) is 14.9. The fourth-order valence-electron chi connectivity index (χ4n) is 3.81. The molecule has 0 aromatic heterocycles. The number of amides is 4. The molecular weight excluding hydrogens is 332 g/mol. The third-order valence-corrected chi connectivity index (χ3v) is 5.34. The van der Waals surface area contributed by atoms with Crippen molar-refractivity contribution >= 4 is 30.3 Å². The second kappa shape index (κ2) is 7.70. The zero-order valence-electron chi connectivity index (χ0n) is 14.1. The first-order chi connectivity index (χ1) is 11.0. The number of nitrogens with one attached hydrogen (secondary N) is 3. The highest BCUT2D eigenvalue weighted by Gasteiger charge is 2.52. The third kappa shape index (κ3) is 3.83. The molecule has 8 heteroatoms. The summed E-state index contributed by atoms with van der Waals surface area (Å²) in [7, 11) is 0. The first-order valence-electron chi connectivity index (χ1n) is 8.64. The molecule has 136 valence electrons. The summed E-state index contributed by atoms with van der Waals surface area (Å²) in [5.74, 6) is 0.0937. The molecule has 24 heavy (non-hydrogen) atoms. The minimum atomic E-state index is -0.768. The van der Waals surface area contributed by atoms with E-state index >= 15 is 0 Å². The van der Waals surface area contributed by atoms with Crippen molar-refractivity contribution in [1.82, 2.24) is 20.9 Å². The lowest BCUT2D eigenvalue weighted by Gasteiger charge is -2.33. The molecule has 3 rings (SSSR count). The largest absolute Gasteiger partial charge is 0.351 e. The number of piperidine rings is 1. The summed E-state index contributed by atoms with van der Waals surface area (Å²) in [4.78, 5) is 38.1. The van der Waals surface area contributed by atoms with Gasteiger partial charge in [-0.25, -0.2) is 4.79 Å². The lowest BCUT2D eigenvalue weighted by molar-refractivity contribution is -0.136. The molecule has 0 radical (unpaired) electrons. The highest BCUT2D eigenvalue weighted by Crippen LogP contribution is 2.36. The van der Waals surface area contributed by atoms with E-state index < -0.39 is 11.6 Å². The van der Waals surface area contributed by atoms with Gasteiger partial charge in [-0.05, 0) is 51.0 Å². The van der Waals surface area contributed by atoms with Gasteiger partial charge in [-0.3, -0.25) is 14.5 Å². The highest BCUT2D eigenvalue weighted by molar-refractivity contribution is 6.09. The molecule has 0 unspecified atom stereocenters. The van der Waals surface area contributed by atoms with Gasteiger partial charge in [-0.15, -0.1) is 12.4 Å². The van der Waals surface area contributed by atoms with E-state index in [1.807, 2.05) is 0 Å². The van der Waals surface area contributed by atoms with Gasteiger partial charge in [0.2, 0.25) is 5.91 Å². The van der Waals surface area contributed by atoms with Crippen molar-refractivity contribution in [3.05, 3.63) is 0 Å². The number of hydrogen-bond donors (Lipinski definition) is 3. The van der Waals surface area contributed by atoms with Crippen LogP contribution in [0.15, 0.2) is 0 Å². The van der Waals surface area contributed by atoms with Crippen LogP contribution < -0.4 is 16.0 Å². The minimum absolute atomic E-state index is 0. The maximum Gasteiger partial charge on any atom is 0.325 e. The van der Waals surface area contributed by atoms with E-state index in [0.717, 1.165) is 43.7 Å². The number of imide groups is 1. The molecule has 2 aliphatic heterocycles. The first kappa shape index (κ1) is 19.0. The average molecular weight is 359 g/mol. The number of nitrogens with zero attached hydrogens (tertiary/aromatic N) is 1. The molecule has 0 bridgehead atoms. The van der Waals surface area contributed by atoms with Gasteiger partial charge < -0.3 is 16.0 Å². The molecule has 3 fully saturated rings. The topological polar surface area (TPSA) is 90.5 Å². The standard InChI is InChI=1S/C16H26N4O3.ClH/c1-11-4-6-16(7-5-11)14(22)20(15(23)19-16)10-13(21)18-12-3-2-8-17-9-12;/h11-12,17H,2-10H2,1H3,(H,18,21)(H,19,23);1H/t11?,12-,16?;/m0./s1. The van der Waals surface area contributed by atoms with Crippen LogP contribution in [0, 0.1) is 5.92 Å². The average Bonchev–Trinajstić information content (AvgIpc) is 2.76. The maximum absolute atomic E-state index is 12.7. The summed E-state index contributed by atoms with van der Waals surface area (Å²) in [6, 6.07) is -0.344. The van der Waals surface area contributed by atoms with Crippen molar-refractivity contribution in [3.63, 3.8) is 0 Å². The normalized spacial score (nSPS) is 33.1. The van der Waals surface area contributed by atoms with E-state index in [1.165, 1.54) is 0 Å². The number of halogens is 1. The predicted octanol–water partition coefficient (Wildman–Crippen LogP) is 0.777. The van der Waals surface area contributed by atoms with Crippen LogP contribution in [0.1, 0.15) is 45.4 Å². The van der Waals surface area contributed by atoms with Crippen LogP contribution in [0.5, 0.6) is 0 Å². The van der Waals surface area contributed by atoms with Crippen LogP contribution >= 0.6 is 12.4 Å². The van der Waals surface area contributed by atoms with Gasteiger partial charge in [-0.1, -0.05) is 6.92 Å². The van der Waals surface area contributed by atoms with Crippen LogP contribution in [0.4, 0.5) is 4.79 Å². The number of urea groups is 1. The Balaban J connectivity index is 0.00000208. The van der Waals surface area contributed by atoms with E-state index in [-0.39, 0.29) is 36.8 Å². The van der Waals surface area contributed by atoms with Crippen LogP contribution in [-0.4, -0.2) is 54.0 Å². The summed E-state index contributed by atoms with van der Waals surface area (Å²) < 4.78 is 0. The van der Waals surface area contributed by atoms with E-state index in [2.05, 4.69) is 22.9 Å². The Hall–Kier alpha value is -1.34.